The molecule has 0 aromatic rings. The molecular weight excluding hydrogens is 1170 g/mol. The standard InChI is InChI=1S/2C11H22.3C10H20.C9H16.C9H18.C8H14F2.2C8H16/c1-10(2,3)11(4)8-6-5-7-9-11;1-9-7-5-6-8-10(9)11(2,3)4;1-9(2,3)10(4)7-5-6-8-10;1-8-6-5-7-9(8)10(2,3)4;1-10(2,3)9-7-5-4-6-8-9;1-8(2,3)9-4-7(5-9)6-9;1-9(2,3)8-6-4-5-7-8;1-7(2,3)6-4-8(9,10)5-6;2*1-7(2,3)8(4)5-6-8/h5-9H2,1-4H3;9-10H,5-8H2,1-4H3;5-8H2,1-4H3;8-9H,5-7H2,1-4H3;9H,4-8H2,1-3H3;7H,4-6H2,1-3H3;8H,4-7H2,1-3H3;6H,4-5H2,1-3H3;2*5-6H2,1-4H3. The minimum absolute atomic E-state index is 0.0711. The van der Waals surface area contributed by atoms with Gasteiger partial charge < -0.3 is 0 Å². The Balaban J connectivity index is 0.000000363. The smallest absolute Gasteiger partial charge is 0.207 e. The van der Waals surface area contributed by atoms with Crippen molar-refractivity contribution in [3.05, 3.63) is 0 Å². The topological polar surface area (TPSA) is 0 Å². The van der Waals surface area contributed by atoms with Gasteiger partial charge in [-0.05, 0) is 238 Å². The van der Waals surface area contributed by atoms with E-state index in [1.165, 1.54) is 205 Å². The van der Waals surface area contributed by atoms with Gasteiger partial charge >= 0.3 is 0 Å². The summed E-state index contributed by atoms with van der Waals surface area (Å²) in [5, 5.41) is 0. The van der Waals surface area contributed by atoms with Gasteiger partial charge in [0, 0.05) is 12.8 Å². The van der Waals surface area contributed by atoms with E-state index in [1.807, 2.05) is 20.8 Å². The van der Waals surface area contributed by atoms with Crippen LogP contribution in [0, 0.1) is 129 Å². The molecule has 12 aliphatic carbocycles. The monoisotopic (exact) mass is 1350 g/mol. The fourth-order valence-electron chi connectivity index (χ4n) is 18.3. The van der Waals surface area contributed by atoms with Gasteiger partial charge in [0.15, 0.2) is 0 Å². The molecule has 2 bridgehead atoms. The third kappa shape index (κ3) is 29.8. The summed E-state index contributed by atoms with van der Waals surface area (Å²) in [7, 11) is 0. The van der Waals surface area contributed by atoms with E-state index < -0.39 is 5.92 Å². The van der Waals surface area contributed by atoms with E-state index in [4.69, 9.17) is 0 Å². The van der Waals surface area contributed by atoms with Gasteiger partial charge in [0.25, 0.3) is 0 Å². The molecule has 0 aromatic heterocycles. The molecule has 4 unspecified atom stereocenters. The second kappa shape index (κ2) is 35.3. The molecule has 96 heavy (non-hydrogen) atoms. The molecule has 12 rings (SSSR count). The largest absolute Gasteiger partial charge is 0.248 e. The fourth-order valence-corrected chi connectivity index (χ4v) is 18.3. The first-order chi connectivity index (χ1) is 42.9. The maximum Gasteiger partial charge on any atom is 0.248 e. The Labute approximate surface area is 607 Å². The van der Waals surface area contributed by atoms with Gasteiger partial charge in [0.2, 0.25) is 5.92 Å². The number of halogens is 2. The minimum Gasteiger partial charge on any atom is -0.207 e. The van der Waals surface area contributed by atoms with E-state index in [9.17, 15) is 8.78 Å². The molecule has 2 heteroatoms. The van der Waals surface area contributed by atoms with Crippen molar-refractivity contribution in [3.8, 4) is 0 Å². The van der Waals surface area contributed by atoms with Crippen molar-refractivity contribution >= 4 is 0 Å². The van der Waals surface area contributed by atoms with Crippen molar-refractivity contribution in [3.63, 3.8) is 0 Å². The van der Waals surface area contributed by atoms with Gasteiger partial charge in [0.05, 0.1) is 0 Å². The first-order valence-corrected chi connectivity index (χ1v) is 42.3. The van der Waals surface area contributed by atoms with Gasteiger partial charge in [-0.3, -0.25) is 0 Å². The van der Waals surface area contributed by atoms with Crippen molar-refractivity contribution < 1.29 is 8.78 Å². The van der Waals surface area contributed by atoms with Crippen molar-refractivity contribution in [2.45, 2.75) is 473 Å². The van der Waals surface area contributed by atoms with E-state index in [-0.39, 0.29) is 24.2 Å². The molecule has 0 nitrogen and oxygen atoms in total. The van der Waals surface area contributed by atoms with Gasteiger partial charge in [0.1, 0.15) is 0 Å². The third-order valence-electron chi connectivity index (χ3n) is 30.5. The van der Waals surface area contributed by atoms with Crippen LogP contribution in [0.3, 0.4) is 0 Å². The van der Waals surface area contributed by atoms with Crippen molar-refractivity contribution in [1.82, 2.24) is 0 Å². The quantitative estimate of drug-likeness (QED) is 0.227. The fraction of sp³-hybridized carbons (Fsp3) is 1.00. The van der Waals surface area contributed by atoms with Crippen molar-refractivity contribution in [2.75, 3.05) is 0 Å². The van der Waals surface area contributed by atoms with Gasteiger partial charge in [-0.2, -0.15) is 0 Å². The number of rotatable bonds is 0. The van der Waals surface area contributed by atoms with Crippen LogP contribution in [0.15, 0.2) is 0 Å². The highest BCUT2D eigenvalue weighted by Crippen LogP contribution is 2.72. The maximum atomic E-state index is 12.3. The summed E-state index contributed by atoms with van der Waals surface area (Å²) >= 11 is 0. The molecule has 12 aliphatic rings. The Morgan fingerprint density at radius 2 is 0.479 bits per heavy atom. The summed E-state index contributed by atoms with van der Waals surface area (Å²) in [6.07, 6.45) is 47.1. The van der Waals surface area contributed by atoms with E-state index in [1.54, 1.807) is 0 Å². The van der Waals surface area contributed by atoms with Crippen molar-refractivity contribution in [2.24, 2.45) is 129 Å². The zero-order valence-corrected chi connectivity index (χ0v) is 73.4. The minimum atomic E-state index is -2.35. The normalized spacial score (nSPS) is 29.0. The van der Waals surface area contributed by atoms with E-state index in [0.29, 0.717) is 70.4 Å². The number of hydrogen-bond donors (Lipinski definition) is 0. The lowest BCUT2D eigenvalue weighted by molar-refractivity contribution is -0.181. The molecule has 0 aliphatic heterocycles. The summed E-state index contributed by atoms with van der Waals surface area (Å²) in [5.74, 6) is 4.91. The summed E-state index contributed by atoms with van der Waals surface area (Å²) < 4.78 is 24.6. The van der Waals surface area contributed by atoms with Gasteiger partial charge in [-0.25, -0.2) is 8.78 Å². The Kier molecular flexibility index (Phi) is 33.8. The van der Waals surface area contributed by atoms with E-state index in [0.717, 1.165) is 46.8 Å². The second-order valence-electron chi connectivity index (χ2n) is 47.5. The molecule has 574 valence electrons. The number of alkyl halides is 2. The van der Waals surface area contributed by atoms with Crippen LogP contribution in [0.4, 0.5) is 8.78 Å². The highest BCUT2D eigenvalue weighted by atomic mass is 19.3. The summed E-state index contributed by atoms with van der Waals surface area (Å²) in [5.41, 5.74) is 8.46. The van der Waals surface area contributed by atoms with E-state index >= 15 is 0 Å². The molecule has 0 heterocycles. The summed E-state index contributed by atoms with van der Waals surface area (Å²) in [6.45, 7) is 84.5. The zero-order valence-electron chi connectivity index (χ0n) is 73.4. The summed E-state index contributed by atoms with van der Waals surface area (Å²) in [4.78, 5) is 0. The van der Waals surface area contributed by atoms with Crippen LogP contribution in [-0.2, 0) is 0 Å². The lowest BCUT2D eigenvalue weighted by Gasteiger charge is -2.68. The van der Waals surface area contributed by atoms with Crippen LogP contribution < -0.4 is 0 Å². The summed E-state index contributed by atoms with van der Waals surface area (Å²) in [6, 6.07) is 0. The highest BCUT2D eigenvalue weighted by molar-refractivity contribution is 5.12. The average Bonchev–Trinajstić information content (AvgIpc) is 1.36. The van der Waals surface area contributed by atoms with Crippen LogP contribution in [0.5, 0.6) is 0 Å². The Bertz CT molecular complexity index is 2050. The molecule has 12 saturated carbocycles. The highest BCUT2D eigenvalue weighted by Gasteiger charge is 2.62. The molecule has 0 radical (unpaired) electrons. The lowest BCUT2D eigenvalue weighted by Crippen LogP contribution is -2.58. The molecule has 0 amide bonds. The van der Waals surface area contributed by atoms with Gasteiger partial charge in [-0.15, -0.1) is 0 Å². The first-order valence-electron chi connectivity index (χ1n) is 42.3. The first kappa shape index (κ1) is 91.9. The van der Waals surface area contributed by atoms with Crippen LogP contribution in [0.25, 0.3) is 0 Å². The predicted molar refractivity (Wildman–Crippen MR) is 431 cm³/mol. The average molecular weight is 1350 g/mol. The SMILES string of the molecule is CC(C)(C)C1(C)CC1.CC(C)(C)C1(C)CC1.CC(C)(C)C1(C)CCCC1.CC(C)(C)C1(C)CCCCC1.CC(C)(C)C12CC(C1)C2.CC(C)(C)C1CC(F)(F)C1.CC(C)(C)C1CCCC1.CC(C)(C)C1CCCCC1.CC1CCCC1C(C)(C)C.CC1CCCCC1C(C)(C)C. The Morgan fingerprint density at radius 3 is 0.625 bits per heavy atom. The molecule has 0 spiro atoms. The molecule has 12 fully saturated rings. The molecule has 0 aromatic carbocycles. The third-order valence-corrected chi connectivity index (χ3v) is 30.5. The van der Waals surface area contributed by atoms with Crippen LogP contribution in [0.1, 0.15) is 468 Å². The molecule has 0 saturated heterocycles. The molecule has 0 N–H and O–H groups in total. The predicted octanol–water partition coefficient (Wildman–Crippen LogP) is 33.4. The number of hydrogen-bond acceptors (Lipinski definition) is 0. The van der Waals surface area contributed by atoms with Crippen LogP contribution in [-0.4, -0.2) is 5.92 Å². The Hall–Kier alpha value is -0.140. The lowest BCUT2D eigenvalue weighted by atomic mass is 9.37. The molecule has 4 atom stereocenters. The zero-order chi connectivity index (χ0) is 74.7. The van der Waals surface area contributed by atoms with Gasteiger partial charge in [-0.1, -0.05) is 346 Å². The Morgan fingerprint density at radius 1 is 0.240 bits per heavy atom. The maximum absolute atomic E-state index is 12.3. The van der Waals surface area contributed by atoms with Crippen molar-refractivity contribution in [1.29, 1.82) is 0 Å². The van der Waals surface area contributed by atoms with E-state index in [2.05, 4.69) is 228 Å². The van der Waals surface area contributed by atoms with Crippen LogP contribution in [0.2, 0.25) is 0 Å². The second-order valence-corrected chi connectivity index (χ2v) is 47.5. The van der Waals surface area contributed by atoms with Crippen LogP contribution >= 0.6 is 0 Å². The molecular formula is C94H184F2.